The summed E-state index contributed by atoms with van der Waals surface area (Å²) in [4.78, 5) is 33.2. The summed E-state index contributed by atoms with van der Waals surface area (Å²) in [5.74, 6) is -1.32. The molecule has 0 aliphatic carbocycles. The molecule has 21 heavy (non-hydrogen) atoms. The Labute approximate surface area is 122 Å². The number of benzene rings is 1. The second kappa shape index (κ2) is 8.01. The van der Waals surface area contributed by atoms with Gasteiger partial charge in [0.15, 0.2) is 0 Å². The first-order valence-corrected chi connectivity index (χ1v) is 6.37. The van der Waals surface area contributed by atoms with Crippen LogP contribution in [0.25, 0.3) is 0 Å². The van der Waals surface area contributed by atoms with Gasteiger partial charge in [-0.1, -0.05) is 18.2 Å². The van der Waals surface area contributed by atoms with Gasteiger partial charge in [0.05, 0.1) is 0 Å². The van der Waals surface area contributed by atoms with E-state index in [1.807, 2.05) is 0 Å². The molecule has 0 spiro atoms. The number of carbonyl (C=O) groups is 3. The minimum atomic E-state index is -0.918. The zero-order valence-corrected chi connectivity index (χ0v) is 11.7. The topological polar surface area (TPSA) is 122 Å². The van der Waals surface area contributed by atoms with E-state index in [4.69, 9.17) is 20.9 Å². The lowest BCUT2D eigenvalue weighted by atomic mass is 10.1. The van der Waals surface area contributed by atoms with Crippen molar-refractivity contribution < 1.29 is 23.9 Å². The highest BCUT2D eigenvalue weighted by atomic mass is 16.5. The molecule has 0 heterocycles. The van der Waals surface area contributed by atoms with E-state index in [1.54, 1.807) is 24.3 Å². The van der Waals surface area contributed by atoms with Gasteiger partial charge in [0, 0.05) is 18.9 Å². The summed E-state index contributed by atoms with van der Waals surface area (Å²) < 4.78 is 10.0. The number of esters is 2. The van der Waals surface area contributed by atoms with E-state index in [-0.39, 0.29) is 19.4 Å². The van der Waals surface area contributed by atoms with E-state index in [0.717, 1.165) is 0 Å². The largest absolute Gasteiger partial charge is 0.460 e. The monoisotopic (exact) mass is 294 g/mol. The van der Waals surface area contributed by atoms with Gasteiger partial charge in [0.25, 0.3) is 0 Å². The normalized spacial score (nSPS) is 11.5. The van der Waals surface area contributed by atoms with Crippen LogP contribution in [0.1, 0.15) is 25.3 Å². The number of nitrogens with two attached hydrogens (primary N) is 2. The molecule has 1 amide bonds. The fourth-order valence-electron chi connectivity index (χ4n) is 1.55. The maximum absolute atomic E-state index is 11.7. The lowest BCUT2D eigenvalue weighted by molar-refractivity contribution is -0.146. The van der Waals surface area contributed by atoms with Gasteiger partial charge >= 0.3 is 11.9 Å². The van der Waals surface area contributed by atoms with Crippen LogP contribution in [0.4, 0.5) is 0 Å². The van der Waals surface area contributed by atoms with Gasteiger partial charge in [-0.3, -0.25) is 14.4 Å². The van der Waals surface area contributed by atoms with Crippen LogP contribution in [0.2, 0.25) is 0 Å². The predicted molar refractivity (Wildman–Crippen MR) is 74.0 cm³/mol. The Hall–Kier alpha value is -2.41. The van der Waals surface area contributed by atoms with Crippen LogP contribution in [-0.4, -0.2) is 23.9 Å². The molecule has 7 nitrogen and oxygen atoms in total. The minimum Gasteiger partial charge on any atom is -0.460 e. The molecule has 1 unspecified atom stereocenters. The molecule has 0 saturated heterocycles. The van der Waals surface area contributed by atoms with Crippen LogP contribution < -0.4 is 16.2 Å². The van der Waals surface area contributed by atoms with Gasteiger partial charge in [0.1, 0.15) is 18.4 Å². The van der Waals surface area contributed by atoms with Crippen molar-refractivity contribution in [2.24, 2.45) is 11.5 Å². The van der Waals surface area contributed by atoms with Gasteiger partial charge < -0.3 is 20.9 Å². The Morgan fingerprint density at radius 2 is 1.90 bits per heavy atom. The van der Waals surface area contributed by atoms with Crippen molar-refractivity contribution in [3.8, 4) is 5.75 Å². The van der Waals surface area contributed by atoms with E-state index in [9.17, 15) is 14.4 Å². The van der Waals surface area contributed by atoms with Gasteiger partial charge in [-0.25, -0.2) is 0 Å². The Kier molecular flexibility index (Phi) is 6.35. The lowest BCUT2D eigenvalue weighted by Gasteiger charge is -2.12. The van der Waals surface area contributed by atoms with Crippen LogP contribution >= 0.6 is 0 Å². The minimum absolute atomic E-state index is 0.0142. The third-order valence-corrected chi connectivity index (χ3v) is 2.60. The van der Waals surface area contributed by atoms with E-state index in [2.05, 4.69) is 0 Å². The van der Waals surface area contributed by atoms with Crippen molar-refractivity contribution in [2.45, 2.75) is 32.4 Å². The third kappa shape index (κ3) is 6.05. The summed E-state index contributed by atoms with van der Waals surface area (Å²) >= 11 is 0. The quantitative estimate of drug-likeness (QED) is 0.549. The van der Waals surface area contributed by atoms with E-state index < -0.39 is 23.9 Å². The van der Waals surface area contributed by atoms with E-state index in [0.29, 0.717) is 11.3 Å². The van der Waals surface area contributed by atoms with Crippen molar-refractivity contribution in [1.29, 1.82) is 0 Å². The molecule has 0 saturated carbocycles. The number of para-hydroxylation sites is 1. The highest BCUT2D eigenvalue weighted by molar-refractivity contribution is 5.78. The first kappa shape index (κ1) is 16.6. The predicted octanol–water partition coefficient (Wildman–Crippen LogP) is 0.248. The molecular weight excluding hydrogens is 276 g/mol. The van der Waals surface area contributed by atoms with Crippen LogP contribution in [0.15, 0.2) is 24.3 Å². The molecule has 1 aromatic rings. The first-order valence-electron chi connectivity index (χ1n) is 6.37. The average Bonchev–Trinajstić information content (AvgIpc) is 2.42. The molecule has 7 heteroatoms. The van der Waals surface area contributed by atoms with Crippen molar-refractivity contribution in [1.82, 2.24) is 0 Å². The lowest BCUT2D eigenvalue weighted by Crippen LogP contribution is -2.33. The molecule has 0 fully saturated rings. The maximum Gasteiger partial charge on any atom is 0.323 e. The smallest absolute Gasteiger partial charge is 0.323 e. The summed E-state index contributed by atoms with van der Waals surface area (Å²) in [7, 11) is 0. The number of hydrogen-bond acceptors (Lipinski definition) is 6. The number of hydrogen-bond donors (Lipinski definition) is 2. The number of ether oxygens (including phenoxy) is 2. The first-order chi connectivity index (χ1) is 9.90. The summed E-state index contributed by atoms with van der Waals surface area (Å²) in [6.07, 6.45) is 0.139. The molecule has 0 aliphatic rings. The van der Waals surface area contributed by atoms with Crippen LogP contribution in [0.5, 0.6) is 5.75 Å². The van der Waals surface area contributed by atoms with Gasteiger partial charge in [-0.05, 0) is 12.5 Å². The van der Waals surface area contributed by atoms with Crippen LogP contribution in [0, 0.1) is 0 Å². The maximum atomic E-state index is 11.7. The Bertz CT molecular complexity index is 530. The molecule has 0 radical (unpaired) electrons. The number of amides is 1. The average molecular weight is 294 g/mol. The van der Waals surface area contributed by atoms with Crippen LogP contribution in [0.3, 0.4) is 0 Å². The summed E-state index contributed by atoms with van der Waals surface area (Å²) in [5.41, 5.74) is 11.1. The fourth-order valence-corrected chi connectivity index (χ4v) is 1.55. The van der Waals surface area contributed by atoms with Gasteiger partial charge in [-0.15, -0.1) is 0 Å². The molecule has 1 rings (SSSR count). The second-order valence-corrected chi connectivity index (χ2v) is 4.42. The molecule has 1 atom stereocenters. The molecule has 0 aliphatic heterocycles. The van der Waals surface area contributed by atoms with Crippen molar-refractivity contribution in [2.75, 3.05) is 0 Å². The summed E-state index contributed by atoms with van der Waals surface area (Å²) in [5, 5.41) is 0. The fraction of sp³-hybridized carbons (Fsp3) is 0.357. The molecule has 0 bridgehead atoms. The third-order valence-electron chi connectivity index (χ3n) is 2.60. The van der Waals surface area contributed by atoms with E-state index in [1.165, 1.54) is 6.92 Å². The molecule has 0 aromatic heterocycles. The summed E-state index contributed by atoms with van der Waals surface area (Å²) in [6, 6.07) is 5.77. The second-order valence-electron chi connectivity index (χ2n) is 4.42. The molecular formula is C14H18N2O5. The molecule has 1 aromatic carbocycles. The highest BCUT2D eigenvalue weighted by Gasteiger charge is 2.17. The molecule has 4 N–H and O–H groups in total. The van der Waals surface area contributed by atoms with Crippen LogP contribution in [-0.2, 0) is 25.7 Å². The summed E-state index contributed by atoms with van der Waals surface area (Å²) in [6.45, 7) is 1.20. The number of rotatable bonds is 7. The highest BCUT2D eigenvalue weighted by Crippen LogP contribution is 2.19. The molecule has 114 valence electrons. The number of carbonyl (C=O) groups excluding carboxylic acids is 3. The number of primary amides is 1. The standard InChI is InChI=1S/C14H18N2O5/c1-9(17)21-12-5-3-2-4-10(12)8-20-14(19)11(15)6-7-13(16)18/h2-5,11H,6-8,15H2,1H3,(H2,16,18). The van der Waals surface area contributed by atoms with E-state index >= 15 is 0 Å². The zero-order valence-electron chi connectivity index (χ0n) is 11.7. The Morgan fingerprint density at radius 3 is 2.52 bits per heavy atom. The Morgan fingerprint density at radius 1 is 1.24 bits per heavy atom. The Balaban J connectivity index is 2.56. The zero-order chi connectivity index (χ0) is 15.8. The van der Waals surface area contributed by atoms with Crippen molar-refractivity contribution in [3.63, 3.8) is 0 Å². The van der Waals surface area contributed by atoms with Gasteiger partial charge in [0.2, 0.25) is 5.91 Å². The van der Waals surface area contributed by atoms with Crippen molar-refractivity contribution in [3.05, 3.63) is 29.8 Å². The van der Waals surface area contributed by atoms with Gasteiger partial charge in [-0.2, -0.15) is 0 Å². The van der Waals surface area contributed by atoms with Crippen molar-refractivity contribution >= 4 is 17.8 Å². The SMILES string of the molecule is CC(=O)Oc1ccccc1COC(=O)C(N)CCC(N)=O.